The Balaban J connectivity index is 2.20. The predicted octanol–water partition coefficient (Wildman–Crippen LogP) is 3.35. The van der Waals surface area contributed by atoms with Crippen molar-refractivity contribution in [2.45, 2.75) is 22.8 Å². The number of benzene rings is 1. The minimum Gasteiger partial charge on any atom is -0.324 e. The van der Waals surface area contributed by atoms with Crippen molar-refractivity contribution in [2.75, 3.05) is 0 Å². The Morgan fingerprint density at radius 1 is 1.41 bits per heavy atom. The van der Waals surface area contributed by atoms with Gasteiger partial charge in [0.2, 0.25) is 0 Å². The van der Waals surface area contributed by atoms with Crippen molar-refractivity contribution in [2.24, 2.45) is 12.8 Å². The third kappa shape index (κ3) is 3.12. The maximum Gasteiger partial charge on any atom is 0.0629 e. The molecule has 5 heteroatoms. The Hall–Kier alpha value is -0.780. The monoisotopic (exact) mass is 311 g/mol. The lowest BCUT2D eigenvalue weighted by atomic mass is 10.1. The molecule has 1 aromatic heterocycles. The molecule has 1 heterocycles. The number of halogens is 1. The number of aromatic nitrogens is 2. The molecule has 17 heavy (non-hydrogen) atoms. The molecule has 0 aliphatic carbocycles. The first kappa shape index (κ1) is 12.7. The van der Waals surface area contributed by atoms with Crippen LogP contribution >= 0.6 is 27.7 Å². The molecule has 0 unspecified atom stereocenters. The lowest BCUT2D eigenvalue weighted by Crippen LogP contribution is -2.05. The van der Waals surface area contributed by atoms with Crippen LogP contribution in [-0.2, 0) is 7.05 Å². The van der Waals surface area contributed by atoms with Gasteiger partial charge >= 0.3 is 0 Å². The van der Waals surface area contributed by atoms with Crippen LogP contribution in [0.3, 0.4) is 0 Å². The van der Waals surface area contributed by atoms with Gasteiger partial charge in [-0.25, -0.2) is 0 Å². The van der Waals surface area contributed by atoms with E-state index in [4.69, 9.17) is 5.73 Å². The second-order valence-corrected chi connectivity index (χ2v) is 5.93. The van der Waals surface area contributed by atoms with Gasteiger partial charge in [-0.1, -0.05) is 33.8 Å². The summed E-state index contributed by atoms with van der Waals surface area (Å²) in [5, 5.41) is 4.15. The normalized spacial score (nSPS) is 12.7. The minimum atomic E-state index is 0.0433. The molecule has 3 nitrogen and oxygen atoms in total. The van der Waals surface area contributed by atoms with Crippen molar-refractivity contribution in [1.29, 1.82) is 0 Å². The third-order valence-corrected chi connectivity index (χ3v) is 4.00. The number of rotatable bonds is 3. The van der Waals surface area contributed by atoms with E-state index in [1.807, 2.05) is 26.4 Å². The van der Waals surface area contributed by atoms with Crippen LogP contribution in [0.1, 0.15) is 18.5 Å². The molecular weight excluding hydrogens is 298 g/mol. The number of hydrogen-bond donors (Lipinski definition) is 1. The van der Waals surface area contributed by atoms with Crippen LogP contribution in [0, 0.1) is 0 Å². The highest BCUT2D eigenvalue weighted by atomic mass is 79.9. The lowest BCUT2D eigenvalue weighted by molar-refractivity contribution is 0.766. The van der Waals surface area contributed by atoms with Crippen molar-refractivity contribution in [1.82, 2.24) is 9.78 Å². The van der Waals surface area contributed by atoms with E-state index in [-0.39, 0.29) is 6.04 Å². The maximum atomic E-state index is 5.87. The number of nitrogens with zero attached hydrogens (tertiary/aromatic N) is 2. The van der Waals surface area contributed by atoms with Gasteiger partial charge in [0, 0.05) is 28.7 Å². The summed E-state index contributed by atoms with van der Waals surface area (Å²) in [5.41, 5.74) is 7.00. The van der Waals surface area contributed by atoms with E-state index in [1.54, 1.807) is 16.4 Å². The van der Waals surface area contributed by atoms with Crippen LogP contribution < -0.4 is 5.73 Å². The SMILES string of the molecule is C[C@@H](N)c1ccc(Sc2cnn(C)c2)cc1Br. The van der Waals surface area contributed by atoms with Gasteiger partial charge < -0.3 is 5.73 Å². The van der Waals surface area contributed by atoms with E-state index in [2.05, 4.69) is 39.2 Å². The molecular formula is C12H14BrN3S. The number of nitrogens with two attached hydrogens (primary N) is 1. The van der Waals surface area contributed by atoms with Gasteiger partial charge in [0.25, 0.3) is 0 Å². The van der Waals surface area contributed by atoms with Crippen LogP contribution in [-0.4, -0.2) is 9.78 Å². The molecule has 0 saturated heterocycles. The van der Waals surface area contributed by atoms with E-state index in [9.17, 15) is 0 Å². The molecule has 90 valence electrons. The second-order valence-electron chi connectivity index (χ2n) is 3.92. The molecule has 0 amide bonds. The van der Waals surface area contributed by atoms with Gasteiger partial charge in [-0.15, -0.1) is 0 Å². The molecule has 1 atom stereocenters. The van der Waals surface area contributed by atoms with Crippen molar-refractivity contribution in [3.63, 3.8) is 0 Å². The Kier molecular flexibility index (Phi) is 3.91. The summed E-state index contributed by atoms with van der Waals surface area (Å²) in [6, 6.07) is 6.28. The molecule has 2 N–H and O–H groups in total. The lowest BCUT2D eigenvalue weighted by Gasteiger charge is -2.09. The Labute approximate surface area is 114 Å². The Morgan fingerprint density at radius 2 is 2.18 bits per heavy atom. The summed E-state index contributed by atoms with van der Waals surface area (Å²) in [6.45, 7) is 1.98. The first-order chi connectivity index (χ1) is 8.06. The fourth-order valence-corrected chi connectivity index (χ4v) is 3.31. The maximum absolute atomic E-state index is 5.87. The quantitative estimate of drug-likeness (QED) is 0.945. The molecule has 0 aliphatic rings. The number of aryl methyl sites for hydroxylation is 1. The second kappa shape index (κ2) is 5.25. The average Bonchev–Trinajstić information content (AvgIpc) is 2.63. The molecule has 2 aromatic rings. The zero-order valence-corrected chi connectivity index (χ0v) is 12.1. The van der Waals surface area contributed by atoms with Crippen LogP contribution in [0.15, 0.2) is 44.9 Å². The Bertz CT molecular complexity index is 522. The van der Waals surface area contributed by atoms with E-state index in [0.29, 0.717) is 0 Å². The highest BCUT2D eigenvalue weighted by Gasteiger charge is 2.07. The van der Waals surface area contributed by atoms with E-state index < -0.39 is 0 Å². The first-order valence-corrected chi connectivity index (χ1v) is 6.89. The standard InChI is InChI=1S/C12H14BrN3S/c1-8(14)11-4-3-9(5-12(11)13)17-10-6-15-16(2)7-10/h3-8H,14H2,1-2H3/t8-/m1/s1. The van der Waals surface area contributed by atoms with Crippen LogP contribution in [0.2, 0.25) is 0 Å². The summed E-state index contributed by atoms with van der Waals surface area (Å²) in [7, 11) is 1.92. The highest BCUT2D eigenvalue weighted by Crippen LogP contribution is 2.32. The largest absolute Gasteiger partial charge is 0.324 e. The topological polar surface area (TPSA) is 43.8 Å². The molecule has 0 aliphatic heterocycles. The van der Waals surface area contributed by atoms with Gasteiger partial charge in [-0.05, 0) is 24.6 Å². The Morgan fingerprint density at radius 3 is 2.71 bits per heavy atom. The summed E-state index contributed by atoms with van der Waals surface area (Å²) in [5.74, 6) is 0. The van der Waals surface area contributed by atoms with E-state index >= 15 is 0 Å². The van der Waals surface area contributed by atoms with Crippen molar-refractivity contribution in [3.8, 4) is 0 Å². The minimum absolute atomic E-state index is 0.0433. The van der Waals surface area contributed by atoms with Crippen molar-refractivity contribution in [3.05, 3.63) is 40.6 Å². The fourth-order valence-electron chi connectivity index (χ4n) is 1.53. The zero-order chi connectivity index (χ0) is 12.4. The van der Waals surface area contributed by atoms with Crippen LogP contribution in [0.25, 0.3) is 0 Å². The summed E-state index contributed by atoms with van der Waals surface area (Å²) < 4.78 is 2.86. The predicted molar refractivity (Wildman–Crippen MR) is 74.1 cm³/mol. The average molecular weight is 312 g/mol. The fraction of sp³-hybridized carbons (Fsp3) is 0.250. The first-order valence-electron chi connectivity index (χ1n) is 5.28. The van der Waals surface area contributed by atoms with Crippen LogP contribution in [0.5, 0.6) is 0 Å². The molecule has 0 bridgehead atoms. The zero-order valence-electron chi connectivity index (χ0n) is 9.72. The summed E-state index contributed by atoms with van der Waals surface area (Å²) in [6.07, 6.45) is 3.86. The highest BCUT2D eigenvalue weighted by molar-refractivity contribution is 9.10. The number of hydrogen-bond acceptors (Lipinski definition) is 3. The van der Waals surface area contributed by atoms with E-state index in [0.717, 1.165) is 14.9 Å². The molecule has 0 radical (unpaired) electrons. The van der Waals surface area contributed by atoms with Crippen LogP contribution in [0.4, 0.5) is 0 Å². The van der Waals surface area contributed by atoms with Gasteiger partial charge in [-0.3, -0.25) is 4.68 Å². The third-order valence-electron chi connectivity index (χ3n) is 2.38. The smallest absolute Gasteiger partial charge is 0.0629 e. The molecule has 2 rings (SSSR count). The van der Waals surface area contributed by atoms with Gasteiger partial charge in [0.05, 0.1) is 11.1 Å². The van der Waals surface area contributed by atoms with Gasteiger partial charge in [0.1, 0.15) is 0 Å². The molecule has 0 spiro atoms. The molecule has 1 aromatic carbocycles. The van der Waals surface area contributed by atoms with Crippen molar-refractivity contribution < 1.29 is 0 Å². The van der Waals surface area contributed by atoms with Crippen molar-refractivity contribution >= 4 is 27.7 Å². The summed E-state index contributed by atoms with van der Waals surface area (Å²) >= 11 is 5.24. The molecule has 0 saturated carbocycles. The van der Waals surface area contributed by atoms with Gasteiger partial charge in [-0.2, -0.15) is 5.10 Å². The van der Waals surface area contributed by atoms with E-state index in [1.165, 1.54) is 4.90 Å². The molecule has 0 fully saturated rings. The van der Waals surface area contributed by atoms with Gasteiger partial charge in [0.15, 0.2) is 0 Å². The summed E-state index contributed by atoms with van der Waals surface area (Å²) in [4.78, 5) is 2.31.